The topological polar surface area (TPSA) is 64.9 Å². The van der Waals surface area contributed by atoms with Crippen LogP contribution in [0.5, 0.6) is 0 Å². The van der Waals surface area contributed by atoms with E-state index in [0.717, 1.165) is 63.8 Å². The third-order valence-corrected chi connectivity index (χ3v) is 5.35. The Balaban J connectivity index is 1.17. The zero-order valence-corrected chi connectivity index (χ0v) is 14.2. The van der Waals surface area contributed by atoms with Gasteiger partial charge < -0.3 is 19.6 Å². The molecule has 1 unspecified atom stereocenters. The van der Waals surface area contributed by atoms with Crippen LogP contribution < -0.4 is 5.32 Å². The minimum atomic E-state index is 0.106. The fraction of sp³-hybridized carbons (Fsp3) is 0.765. The number of piperazine rings is 1. The molecule has 2 saturated heterocycles. The molecule has 0 spiro atoms. The van der Waals surface area contributed by atoms with Crippen LogP contribution in [0.1, 0.15) is 25.0 Å². The molecule has 2 aliphatic heterocycles. The lowest BCUT2D eigenvalue weighted by Gasteiger charge is -2.34. The first-order valence-electron chi connectivity index (χ1n) is 9.15. The Labute approximate surface area is 142 Å². The van der Waals surface area contributed by atoms with Crippen molar-refractivity contribution in [2.75, 3.05) is 45.8 Å². The van der Waals surface area contributed by atoms with E-state index in [2.05, 4.69) is 20.3 Å². The maximum absolute atomic E-state index is 12.5. The van der Waals surface area contributed by atoms with Crippen molar-refractivity contribution < 1.29 is 9.32 Å². The van der Waals surface area contributed by atoms with Gasteiger partial charge in [-0.3, -0.25) is 4.90 Å². The average Bonchev–Trinajstić information content (AvgIpc) is 3.06. The van der Waals surface area contributed by atoms with Crippen molar-refractivity contribution in [1.29, 1.82) is 0 Å². The van der Waals surface area contributed by atoms with Gasteiger partial charge in [0.05, 0.1) is 5.69 Å². The quantitative estimate of drug-likeness (QED) is 0.870. The normalized spacial score (nSPS) is 26.0. The molecule has 3 aliphatic rings. The summed E-state index contributed by atoms with van der Waals surface area (Å²) in [7, 11) is 0. The fourth-order valence-corrected chi connectivity index (χ4v) is 3.71. The Morgan fingerprint density at radius 2 is 2.00 bits per heavy atom. The van der Waals surface area contributed by atoms with Crippen LogP contribution in [-0.2, 0) is 6.54 Å². The highest BCUT2D eigenvalue weighted by Gasteiger charge is 2.31. The molecule has 3 fully saturated rings. The molecule has 7 nitrogen and oxygen atoms in total. The summed E-state index contributed by atoms with van der Waals surface area (Å²) < 4.78 is 4.87. The van der Waals surface area contributed by atoms with E-state index in [1.807, 2.05) is 11.0 Å². The van der Waals surface area contributed by atoms with Crippen LogP contribution in [0.25, 0.3) is 0 Å². The summed E-state index contributed by atoms with van der Waals surface area (Å²) >= 11 is 0. The molecule has 1 saturated carbocycles. The van der Waals surface area contributed by atoms with Crippen LogP contribution in [0.2, 0.25) is 0 Å². The Morgan fingerprint density at radius 1 is 1.17 bits per heavy atom. The molecule has 7 heteroatoms. The Hall–Kier alpha value is -1.60. The number of hydrogen-bond donors (Lipinski definition) is 1. The molecular formula is C17H27N5O2. The largest absolute Gasteiger partial charge is 0.364 e. The van der Waals surface area contributed by atoms with E-state index >= 15 is 0 Å². The van der Waals surface area contributed by atoms with E-state index < -0.39 is 0 Å². The maximum Gasteiger partial charge on any atom is 0.317 e. The first kappa shape index (κ1) is 15.9. The summed E-state index contributed by atoms with van der Waals surface area (Å²) in [5.41, 5.74) is 0.953. The molecule has 1 aliphatic carbocycles. The maximum atomic E-state index is 12.5. The molecule has 4 rings (SSSR count). The van der Waals surface area contributed by atoms with Crippen LogP contribution in [0, 0.1) is 5.92 Å². The van der Waals surface area contributed by atoms with E-state index in [1.165, 1.54) is 19.4 Å². The number of urea groups is 1. The van der Waals surface area contributed by atoms with Gasteiger partial charge in [0, 0.05) is 64.5 Å². The van der Waals surface area contributed by atoms with Crippen molar-refractivity contribution in [3.63, 3.8) is 0 Å². The van der Waals surface area contributed by atoms with Gasteiger partial charge in [0.1, 0.15) is 6.26 Å². The molecule has 0 bridgehead atoms. The summed E-state index contributed by atoms with van der Waals surface area (Å²) in [6, 6.07) is 2.32. The molecule has 1 aromatic rings. The Morgan fingerprint density at radius 3 is 2.71 bits per heavy atom. The zero-order chi connectivity index (χ0) is 16.4. The summed E-state index contributed by atoms with van der Waals surface area (Å²) in [6.07, 6.45) is 5.48. The summed E-state index contributed by atoms with van der Waals surface area (Å²) in [5, 5.41) is 7.18. The second-order valence-electron chi connectivity index (χ2n) is 7.39. The first-order valence-corrected chi connectivity index (χ1v) is 9.15. The number of amides is 2. The number of likely N-dealkylation sites (tertiary alicyclic amines) is 1. The van der Waals surface area contributed by atoms with Gasteiger partial charge in [-0.2, -0.15) is 0 Å². The van der Waals surface area contributed by atoms with E-state index in [1.54, 1.807) is 6.26 Å². The number of carbonyl (C=O) groups excluding carboxylic acids is 1. The van der Waals surface area contributed by atoms with E-state index in [0.29, 0.717) is 6.04 Å². The highest BCUT2D eigenvalue weighted by atomic mass is 16.5. The number of nitrogens with one attached hydrogen (secondary N) is 1. The van der Waals surface area contributed by atoms with Gasteiger partial charge in [-0.25, -0.2) is 4.79 Å². The third-order valence-electron chi connectivity index (χ3n) is 5.35. The number of aromatic nitrogens is 1. The number of hydrogen-bond acceptors (Lipinski definition) is 5. The van der Waals surface area contributed by atoms with Gasteiger partial charge in [0.15, 0.2) is 0 Å². The van der Waals surface area contributed by atoms with E-state index in [4.69, 9.17) is 4.52 Å². The molecule has 1 aromatic heterocycles. The second kappa shape index (κ2) is 7.11. The predicted octanol–water partition coefficient (Wildman–Crippen LogP) is 0.986. The highest BCUT2D eigenvalue weighted by molar-refractivity contribution is 5.74. The molecule has 1 N–H and O–H groups in total. The first-order chi connectivity index (χ1) is 11.8. The van der Waals surface area contributed by atoms with Gasteiger partial charge in [-0.1, -0.05) is 5.16 Å². The van der Waals surface area contributed by atoms with Crippen LogP contribution in [0.4, 0.5) is 4.79 Å². The van der Waals surface area contributed by atoms with Gasteiger partial charge in [-0.15, -0.1) is 0 Å². The van der Waals surface area contributed by atoms with Gasteiger partial charge in [0.25, 0.3) is 0 Å². The molecular weight excluding hydrogens is 306 g/mol. The molecule has 3 heterocycles. The Kier molecular flexibility index (Phi) is 4.71. The van der Waals surface area contributed by atoms with Crippen molar-refractivity contribution in [1.82, 2.24) is 25.2 Å². The van der Waals surface area contributed by atoms with Gasteiger partial charge >= 0.3 is 6.03 Å². The van der Waals surface area contributed by atoms with E-state index in [9.17, 15) is 4.79 Å². The SMILES string of the molecule is O=C(NC1CCN(CC2CC2)C1)N1CCN(Cc2ccon2)CC1. The standard InChI is InChI=1S/C17H27N5O2/c23-17(18-15-3-5-21(12-15)11-14-1-2-14)22-8-6-20(7-9-22)13-16-4-10-24-19-16/h4,10,14-15H,1-3,5-9,11-13H2,(H,18,23). The van der Waals surface area contributed by atoms with Crippen molar-refractivity contribution >= 4 is 6.03 Å². The lowest BCUT2D eigenvalue weighted by atomic mass is 10.2. The third kappa shape index (κ3) is 4.08. The molecule has 1 atom stereocenters. The summed E-state index contributed by atoms with van der Waals surface area (Å²) in [4.78, 5) is 19.2. The van der Waals surface area contributed by atoms with Crippen molar-refractivity contribution in [2.45, 2.75) is 31.8 Å². The number of nitrogens with zero attached hydrogens (tertiary/aromatic N) is 4. The lowest BCUT2D eigenvalue weighted by Crippen LogP contribution is -2.53. The lowest BCUT2D eigenvalue weighted by molar-refractivity contribution is 0.131. The number of carbonyl (C=O) groups is 1. The van der Waals surface area contributed by atoms with Crippen molar-refractivity contribution in [2.24, 2.45) is 5.92 Å². The molecule has 132 valence electrons. The monoisotopic (exact) mass is 333 g/mol. The van der Waals surface area contributed by atoms with Crippen LogP contribution in [0.3, 0.4) is 0 Å². The molecule has 2 amide bonds. The predicted molar refractivity (Wildman–Crippen MR) is 89.5 cm³/mol. The molecule has 0 radical (unpaired) electrons. The van der Waals surface area contributed by atoms with Crippen molar-refractivity contribution in [3.05, 3.63) is 18.0 Å². The molecule has 24 heavy (non-hydrogen) atoms. The van der Waals surface area contributed by atoms with Crippen LogP contribution in [-0.4, -0.2) is 77.7 Å². The van der Waals surface area contributed by atoms with Gasteiger partial charge in [-0.05, 0) is 25.2 Å². The number of rotatable bonds is 5. The van der Waals surface area contributed by atoms with Crippen LogP contribution >= 0.6 is 0 Å². The zero-order valence-electron chi connectivity index (χ0n) is 14.2. The summed E-state index contributed by atoms with van der Waals surface area (Å²) in [6.45, 7) is 7.51. The summed E-state index contributed by atoms with van der Waals surface area (Å²) in [5.74, 6) is 0.928. The van der Waals surface area contributed by atoms with Crippen molar-refractivity contribution in [3.8, 4) is 0 Å². The second-order valence-corrected chi connectivity index (χ2v) is 7.39. The molecule has 0 aromatic carbocycles. The Bertz CT molecular complexity index is 537. The minimum absolute atomic E-state index is 0.106. The fourth-order valence-electron chi connectivity index (χ4n) is 3.71. The smallest absolute Gasteiger partial charge is 0.317 e. The minimum Gasteiger partial charge on any atom is -0.364 e. The highest BCUT2D eigenvalue weighted by Crippen LogP contribution is 2.30. The average molecular weight is 333 g/mol. The van der Waals surface area contributed by atoms with Gasteiger partial charge in [0.2, 0.25) is 0 Å². The van der Waals surface area contributed by atoms with Crippen LogP contribution in [0.15, 0.2) is 16.9 Å². The van der Waals surface area contributed by atoms with E-state index in [-0.39, 0.29) is 6.03 Å².